The fraction of sp³-hybridized carbons (Fsp3) is 0.838. The first kappa shape index (κ1) is 54.9. The van der Waals surface area contributed by atoms with E-state index < -0.39 is 0 Å². The van der Waals surface area contributed by atoms with Crippen LogP contribution < -0.4 is 53.2 Å². The molecule has 0 heterocycles. The van der Waals surface area contributed by atoms with Crippen molar-refractivity contribution < 1.29 is 28.8 Å². The van der Waals surface area contributed by atoms with Crippen LogP contribution in [0.5, 0.6) is 0 Å². The van der Waals surface area contributed by atoms with Crippen LogP contribution in [-0.2, 0) is 28.8 Å². The predicted octanol–water partition coefficient (Wildman–Crippen LogP) is -3.49. The van der Waals surface area contributed by atoms with E-state index in [1.165, 1.54) is 0 Å². The summed E-state index contributed by atoms with van der Waals surface area (Å²) in [6, 6.07) is 0. The van der Waals surface area contributed by atoms with Gasteiger partial charge in [-0.15, -0.1) is 0 Å². The summed E-state index contributed by atoms with van der Waals surface area (Å²) in [6.07, 6.45) is 2.00. The van der Waals surface area contributed by atoms with E-state index in [4.69, 9.17) is 5.53 Å². The third-order valence-electron chi connectivity index (χ3n) is 9.02. The lowest BCUT2D eigenvalue weighted by Gasteiger charge is -2.24. The van der Waals surface area contributed by atoms with E-state index in [-0.39, 0.29) is 74.0 Å². The topological polar surface area (TPSA) is 281 Å². The first-order valence-electron chi connectivity index (χ1n) is 20.9. The van der Waals surface area contributed by atoms with Crippen LogP contribution in [0.1, 0.15) is 44.9 Å². The van der Waals surface area contributed by atoms with Gasteiger partial charge in [0.1, 0.15) is 0 Å². The number of azide groups is 1. The monoisotopic (exact) mass is 841 g/mol. The molecule has 6 amide bonds. The van der Waals surface area contributed by atoms with Crippen molar-refractivity contribution in [3.8, 4) is 0 Å². The summed E-state index contributed by atoms with van der Waals surface area (Å²) in [5.41, 5.74) is 8.69. The Balaban J connectivity index is 5.07. The van der Waals surface area contributed by atoms with Crippen LogP contribution in [0.4, 0.5) is 0 Å². The molecule has 0 rings (SSSR count). The number of hydrogen-bond acceptors (Lipinski definition) is 14. The maximum absolute atomic E-state index is 12.9. The Morgan fingerprint density at radius 3 is 0.898 bits per heavy atom. The van der Waals surface area contributed by atoms with Crippen LogP contribution in [-0.4, -0.2) is 209 Å². The summed E-state index contributed by atoms with van der Waals surface area (Å²) in [5.74, 6) is -0.681. The van der Waals surface area contributed by atoms with Crippen LogP contribution in [0.25, 0.3) is 10.4 Å². The first-order valence-corrected chi connectivity index (χ1v) is 20.9. The van der Waals surface area contributed by atoms with Crippen molar-refractivity contribution in [3.05, 3.63) is 10.4 Å². The van der Waals surface area contributed by atoms with Gasteiger partial charge < -0.3 is 67.9 Å². The molecule has 0 unspecified atom stereocenters. The number of carbonyl (C=O) groups is 6. The maximum atomic E-state index is 12.9. The lowest BCUT2D eigenvalue weighted by atomic mass is 10.2. The van der Waals surface area contributed by atoms with E-state index in [1.54, 1.807) is 0 Å². The van der Waals surface area contributed by atoms with Gasteiger partial charge in [-0.25, -0.2) is 0 Å². The van der Waals surface area contributed by atoms with Crippen LogP contribution >= 0.6 is 0 Å². The molecule has 59 heavy (non-hydrogen) atoms. The summed E-state index contributed by atoms with van der Waals surface area (Å²) in [4.78, 5) is 83.8. The molecule has 0 aromatic heterocycles. The molecular weight excluding hydrogens is 765 g/mol. The van der Waals surface area contributed by atoms with E-state index in [0.717, 1.165) is 0 Å². The highest BCUT2D eigenvalue weighted by Gasteiger charge is 2.15. The van der Waals surface area contributed by atoms with Gasteiger partial charge in [0.2, 0.25) is 35.4 Å². The molecule has 0 fully saturated rings. The largest absolute Gasteiger partial charge is 0.355 e. The zero-order valence-electron chi connectivity index (χ0n) is 36.2. The molecule has 0 saturated carbocycles. The number of nitrogens with one attached hydrogen (secondary N) is 10. The van der Waals surface area contributed by atoms with Crippen molar-refractivity contribution in [3.63, 3.8) is 0 Å². The highest BCUT2D eigenvalue weighted by atomic mass is 16.2. The van der Waals surface area contributed by atoms with E-state index in [9.17, 15) is 28.8 Å². The molecule has 10 N–H and O–H groups in total. The lowest BCUT2D eigenvalue weighted by molar-refractivity contribution is -0.123. The number of likely N-dealkylation sites (N-methyl/N-ethyl adjacent to an activating group) is 4. The molecule has 0 aliphatic carbocycles. The molecule has 22 nitrogen and oxygen atoms in total. The van der Waals surface area contributed by atoms with Gasteiger partial charge in [-0.2, -0.15) is 0 Å². The van der Waals surface area contributed by atoms with Crippen molar-refractivity contribution in [1.82, 2.24) is 67.9 Å². The average molecular weight is 841 g/mol. The molecule has 340 valence electrons. The minimum absolute atomic E-state index is 0.0848. The van der Waals surface area contributed by atoms with Crippen molar-refractivity contribution in [1.29, 1.82) is 0 Å². The quantitative estimate of drug-likeness (QED) is 0.0124. The summed E-state index contributed by atoms with van der Waals surface area (Å²) >= 11 is 0. The molecule has 0 aliphatic rings. The Morgan fingerprint density at radius 2 is 0.644 bits per heavy atom. The van der Waals surface area contributed by atoms with E-state index >= 15 is 0 Å². The molecule has 22 heteroatoms. The molecule has 0 aromatic rings. The first-order chi connectivity index (χ1) is 28.6. The Hall–Kier alpha value is -4.15. The third-order valence-corrected chi connectivity index (χ3v) is 9.02. The number of amides is 6. The summed E-state index contributed by atoms with van der Waals surface area (Å²) in [5, 5.41) is 32.8. The number of carbonyl (C=O) groups excluding carboxylic acids is 6. The zero-order valence-corrected chi connectivity index (χ0v) is 36.2. The zero-order chi connectivity index (χ0) is 43.8. The van der Waals surface area contributed by atoms with E-state index in [1.807, 2.05) is 42.9 Å². The second-order valence-corrected chi connectivity index (χ2v) is 13.8. The minimum atomic E-state index is -0.171. The molecule has 0 bridgehead atoms. The molecule has 0 saturated heterocycles. The fourth-order valence-electron chi connectivity index (χ4n) is 5.52. The van der Waals surface area contributed by atoms with Crippen LogP contribution in [0.2, 0.25) is 0 Å². The van der Waals surface area contributed by atoms with E-state index in [0.29, 0.717) is 137 Å². The second-order valence-electron chi connectivity index (χ2n) is 13.8. The Bertz CT molecular complexity index is 1080. The van der Waals surface area contributed by atoms with Gasteiger partial charge in [-0.3, -0.25) is 28.8 Å². The normalized spacial score (nSPS) is 11.0. The van der Waals surface area contributed by atoms with Gasteiger partial charge in [0.15, 0.2) is 0 Å². The molecule has 0 spiro atoms. The standard InChI is InChI=1S/C37H76N16O6/c1-39-13-17-43-32(54)8-26-52(27-9-33(55)44-18-14-40-2)30-21-47-36(58)6-24-51(23-5-12-49-50-38)25-7-37(59)48-22-31-53(28-10-34(56)45-19-15-41-3)29-11-35(57)46-20-16-42-4/h39-42H,5-31H2,1-4H3,(H,43,54)(H,44,55)(H,45,56)(H,46,57)(H,47,58)(H,48,59). The Kier molecular flexibility index (Phi) is 36.6. The van der Waals surface area contributed by atoms with Crippen molar-refractivity contribution in [2.24, 2.45) is 5.11 Å². The van der Waals surface area contributed by atoms with Gasteiger partial charge in [0.05, 0.1) is 0 Å². The summed E-state index contributed by atoms with van der Waals surface area (Å²) in [6.45, 7) is 9.65. The highest BCUT2D eigenvalue weighted by Crippen LogP contribution is 2.01. The summed E-state index contributed by atoms with van der Waals surface area (Å²) in [7, 11) is 7.24. The predicted molar refractivity (Wildman–Crippen MR) is 229 cm³/mol. The van der Waals surface area contributed by atoms with E-state index in [2.05, 4.69) is 63.2 Å². The third kappa shape index (κ3) is 35.5. The molecule has 0 aromatic carbocycles. The summed E-state index contributed by atoms with van der Waals surface area (Å²) < 4.78 is 0. The highest BCUT2D eigenvalue weighted by molar-refractivity contribution is 5.78. The molecule has 0 radical (unpaired) electrons. The maximum Gasteiger partial charge on any atom is 0.221 e. The van der Waals surface area contributed by atoms with Gasteiger partial charge >= 0.3 is 0 Å². The van der Waals surface area contributed by atoms with Gasteiger partial charge in [-0.05, 0) is 46.7 Å². The smallest absolute Gasteiger partial charge is 0.221 e. The van der Waals surface area contributed by atoms with Crippen molar-refractivity contribution in [2.45, 2.75) is 44.9 Å². The molecular formula is C37H76N16O6. The second kappa shape index (κ2) is 39.3. The lowest BCUT2D eigenvalue weighted by Crippen LogP contribution is -2.41. The fourth-order valence-corrected chi connectivity index (χ4v) is 5.52. The average Bonchev–Trinajstić information content (AvgIpc) is 3.22. The van der Waals surface area contributed by atoms with Gasteiger partial charge in [-0.1, -0.05) is 5.11 Å². The van der Waals surface area contributed by atoms with Crippen molar-refractivity contribution in [2.75, 3.05) is 159 Å². The Labute approximate surface area is 351 Å². The molecule has 0 aliphatic heterocycles. The number of hydrogen-bond donors (Lipinski definition) is 10. The number of rotatable bonds is 40. The van der Waals surface area contributed by atoms with Crippen LogP contribution in [0.15, 0.2) is 5.11 Å². The van der Waals surface area contributed by atoms with Crippen LogP contribution in [0, 0.1) is 0 Å². The minimum Gasteiger partial charge on any atom is -0.355 e. The van der Waals surface area contributed by atoms with Gasteiger partial charge in [0, 0.05) is 168 Å². The SMILES string of the molecule is CNCCNC(=O)CCN(CCNC(=O)CCN(CCCN=[N+]=[N-])CCC(=O)NCCN(CCC(=O)NCCNC)CCC(=O)NCCNC)CCC(=O)NCCNC. The Morgan fingerprint density at radius 1 is 0.390 bits per heavy atom. The number of nitrogens with zero attached hydrogens (tertiary/aromatic N) is 6. The van der Waals surface area contributed by atoms with Crippen molar-refractivity contribution >= 4 is 35.4 Å². The molecule has 0 atom stereocenters. The van der Waals surface area contributed by atoms with Gasteiger partial charge in [0.25, 0.3) is 0 Å². The van der Waals surface area contributed by atoms with Crippen LogP contribution in [0.3, 0.4) is 0 Å².